The van der Waals surface area contributed by atoms with Gasteiger partial charge in [-0.3, -0.25) is 19.6 Å². The van der Waals surface area contributed by atoms with E-state index in [1.54, 1.807) is 6.20 Å². The smallest absolute Gasteiger partial charge is 0.245 e. The Bertz CT molecular complexity index is 720. The Balaban J connectivity index is 1.41. The molecule has 4 aliphatic rings. The number of carbonyl (C=O) groups excluding carboxylic acids is 2. The molecule has 1 N–H and O–H groups in total. The third kappa shape index (κ3) is 3.34. The second-order valence-electron chi connectivity index (χ2n) is 8.67. The van der Waals surface area contributed by atoms with Gasteiger partial charge in [-0.25, -0.2) is 0 Å². The highest BCUT2D eigenvalue weighted by atomic mass is 32.2. The van der Waals surface area contributed by atoms with Gasteiger partial charge in [0.05, 0.1) is 0 Å². The minimum Gasteiger partial charge on any atom is -0.339 e. The monoisotopic (exact) mass is 403 g/mol. The summed E-state index contributed by atoms with van der Waals surface area (Å²) in [6.45, 7) is 4.37. The van der Waals surface area contributed by atoms with E-state index in [-0.39, 0.29) is 29.8 Å². The van der Waals surface area contributed by atoms with E-state index in [9.17, 15) is 9.59 Å². The molecular weight excluding hydrogens is 374 g/mol. The van der Waals surface area contributed by atoms with Gasteiger partial charge in [-0.15, -0.1) is 0 Å². The minimum absolute atomic E-state index is 0.201. The maximum Gasteiger partial charge on any atom is 0.245 e. The summed E-state index contributed by atoms with van der Waals surface area (Å²) in [4.78, 5) is 33.0. The summed E-state index contributed by atoms with van der Waals surface area (Å²) in [6, 6.07) is 1.99. The van der Waals surface area contributed by atoms with Gasteiger partial charge in [0.25, 0.3) is 0 Å². The first kappa shape index (κ1) is 18.5. The van der Waals surface area contributed by atoms with Gasteiger partial charge in [0.2, 0.25) is 11.8 Å². The number of amides is 2. The van der Waals surface area contributed by atoms with Crippen molar-refractivity contribution < 1.29 is 9.59 Å². The zero-order valence-electron chi connectivity index (χ0n) is 16.3. The Labute approximate surface area is 170 Å². The lowest BCUT2D eigenvalue weighted by Crippen LogP contribution is -2.68. The molecule has 4 atom stereocenters. The first-order valence-electron chi connectivity index (χ1n) is 10.6. The molecule has 0 unspecified atom stereocenters. The number of thioether (sulfide) groups is 1. The molecule has 7 nitrogen and oxygen atoms in total. The van der Waals surface area contributed by atoms with Crippen molar-refractivity contribution in [3.8, 4) is 0 Å². The van der Waals surface area contributed by atoms with Gasteiger partial charge in [0.1, 0.15) is 6.04 Å². The van der Waals surface area contributed by atoms with E-state index < -0.39 is 0 Å². The van der Waals surface area contributed by atoms with E-state index in [0.717, 1.165) is 69.2 Å². The van der Waals surface area contributed by atoms with E-state index in [1.165, 1.54) is 0 Å². The second kappa shape index (κ2) is 7.71. The third-order valence-corrected chi connectivity index (χ3v) is 7.89. The summed E-state index contributed by atoms with van der Waals surface area (Å²) in [6.07, 6.45) is 5.48. The third-order valence-electron chi connectivity index (χ3n) is 6.95. The average Bonchev–Trinajstić information content (AvgIpc) is 3.22. The van der Waals surface area contributed by atoms with Crippen molar-refractivity contribution >= 4 is 23.6 Å². The van der Waals surface area contributed by atoms with E-state index in [4.69, 9.17) is 0 Å². The molecule has 152 valence electrons. The predicted octanol–water partition coefficient (Wildman–Crippen LogP) is 1.19. The highest BCUT2D eigenvalue weighted by molar-refractivity contribution is 7.99. The largest absolute Gasteiger partial charge is 0.339 e. The van der Waals surface area contributed by atoms with Crippen LogP contribution in [0.2, 0.25) is 0 Å². The second-order valence-corrected chi connectivity index (χ2v) is 9.90. The molecule has 1 aromatic heterocycles. The number of likely N-dealkylation sites (tertiary alicyclic amines) is 1. The van der Waals surface area contributed by atoms with Crippen LogP contribution < -0.4 is 0 Å². The van der Waals surface area contributed by atoms with Crippen LogP contribution in [0.15, 0.2) is 12.3 Å². The molecule has 4 saturated heterocycles. The molecule has 8 heteroatoms. The van der Waals surface area contributed by atoms with Crippen molar-refractivity contribution in [2.75, 3.05) is 37.7 Å². The van der Waals surface area contributed by atoms with Crippen LogP contribution in [0.1, 0.15) is 31.4 Å². The van der Waals surface area contributed by atoms with Crippen molar-refractivity contribution in [3.05, 3.63) is 18.0 Å². The molecule has 0 spiro atoms. The molecule has 2 amide bonds. The van der Waals surface area contributed by atoms with Crippen LogP contribution in [0.5, 0.6) is 0 Å². The van der Waals surface area contributed by atoms with Gasteiger partial charge in [-0.05, 0) is 31.2 Å². The van der Waals surface area contributed by atoms with Crippen LogP contribution in [-0.4, -0.2) is 86.5 Å². The fourth-order valence-electron chi connectivity index (χ4n) is 5.78. The maximum absolute atomic E-state index is 13.6. The molecule has 28 heavy (non-hydrogen) atoms. The number of carbonyl (C=O) groups is 2. The van der Waals surface area contributed by atoms with Crippen molar-refractivity contribution in [1.82, 2.24) is 24.9 Å². The molecule has 0 saturated carbocycles. The van der Waals surface area contributed by atoms with Crippen LogP contribution in [0.3, 0.4) is 0 Å². The highest BCUT2D eigenvalue weighted by Gasteiger charge is 2.52. The number of fused-ring (bicyclic) bond motifs is 4. The predicted molar refractivity (Wildman–Crippen MR) is 108 cm³/mol. The van der Waals surface area contributed by atoms with Crippen molar-refractivity contribution in [1.29, 1.82) is 0 Å². The SMILES string of the molecule is O=C([C@H]1[C@H]2C[C@H](CN(Cc3ccn[nH]3)C2)[C@@H]2CCCC(=O)N21)N1CCSCC1. The zero-order valence-corrected chi connectivity index (χ0v) is 17.1. The Morgan fingerprint density at radius 1 is 1.25 bits per heavy atom. The Morgan fingerprint density at radius 2 is 2.07 bits per heavy atom. The van der Waals surface area contributed by atoms with Crippen molar-refractivity contribution in [3.63, 3.8) is 0 Å². The summed E-state index contributed by atoms with van der Waals surface area (Å²) < 4.78 is 0. The minimum atomic E-state index is -0.262. The number of H-pyrrole nitrogens is 1. The normalized spacial score (nSPS) is 33.6. The molecule has 0 aliphatic carbocycles. The number of aromatic amines is 1. The first-order valence-corrected chi connectivity index (χ1v) is 11.7. The highest BCUT2D eigenvalue weighted by Crippen LogP contribution is 2.42. The number of hydrogen-bond donors (Lipinski definition) is 1. The molecule has 0 radical (unpaired) electrons. The van der Waals surface area contributed by atoms with E-state index >= 15 is 0 Å². The molecular formula is C20H29N5O2S. The van der Waals surface area contributed by atoms with Gasteiger partial charge < -0.3 is 9.80 Å². The van der Waals surface area contributed by atoms with Gasteiger partial charge in [-0.2, -0.15) is 16.9 Å². The fraction of sp³-hybridized carbons (Fsp3) is 0.750. The molecule has 5 rings (SSSR count). The van der Waals surface area contributed by atoms with E-state index in [1.807, 2.05) is 27.6 Å². The summed E-state index contributed by atoms with van der Waals surface area (Å²) in [7, 11) is 0. The van der Waals surface area contributed by atoms with E-state index in [0.29, 0.717) is 12.3 Å². The van der Waals surface area contributed by atoms with Crippen LogP contribution >= 0.6 is 11.8 Å². The first-order chi connectivity index (χ1) is 13.7. The average molecular weight is 404 g/mol. The Kier molecular flexibility index (Phi) is 5.09. The summed E-state index contributed by atoms with van der Waals surface area (Å²) >= 11 is 1.91. The van der Waals surface area contributed by atoms with Crippen LogP contribution in [0, 0.1) is 11.8 Å². The standard InChI is InChI=1S/C20H29N5O2S/c26-18-3-1-2-17-14-10-15(12-23(11-14)13-16-4-5-21-22-16)19(25(17)18)20(27)24-6-8-28-9-7-24/h4-5,14-15,17,19H,1-3,6-13H2,(H,21,22)/t14-,15+,17+,19-/m1/s1. The van der Waals surface area contributed by atoms with Gasteiger partial charge in [0.15, 0.2) is 0 Å². The Morgan fingerprint density at radius 3 is 2.86 bits per heavy atom. The maximum atomic E-state index is 13.6. The summed E-state index contributed by atoms with van der Waals surface area (Å²) in [5.41, 5.74) is 1.12. The molecule has 2 bridgehead atoms. The zero-order chi connectivity index (χ0) is 19.1. The number of piperidine rings is 3. The van der Waals surface area contributed by atoms with Crippen LogP contribution in [0.25, 0.3) is 0 Å². The molecule has 4 fully saturated rings. The van der Waals surface area contributed by atoms with Gasteiger partial charge in [0, 0.05) is 74.5 Å². The lowest BCUT2D eigenvalue weighted by molar-refractivity contribution is -0.165. The molecule has 1 aromatic rings. The van der Waals surface area contributed by atoms with Crippen LogP contribution in [-0.2, 0) is 16.1 Å². The fourth-order valence-corrected chi connectivity index (χ4v) is 6.69. The number of rotatable bonds is 3. The topological polar surface area (TPSA) is 72.5 Å². The van der Waals surface area contributed by atoms with Gasteiger partial charge in [-0.1, -0.05) is 0 Å². The lowest BCUT2D eigenvalue weighted by Gasteiger charge is -2.56. The number of nitrogens with zero attached hydrogens (tertiary/aromatic N) is 4. The number of hydrogen-bond acceptors (Lipinski definition) is 5. The quantitative estimate of drug-likeness (QED) is 0.821. The molecule has 5 heterocycles. The van der Waals surface area contributed by atoms with E-state index in [2.05, 4.69) is 15.1 Å². The summed E-state index contributed by atoms with van der Waals surface area (Å²) in [5, 5.41) is 7.14. The van der Waals surface area contributed by atoms with Crippen molar-refractivity contribution in [2.45, 2.75) is 44.3 Å². The molecule has 0 aromatic carbocycles. The Hall–Kier alpha value is -1.54. The van der Waals surface area contributed by atoms with Crippen molar-refractivity contribution in [2.24, 2.45) is 11.8 Å². The number of nitrogens with one attached hydrogen (secondary N) is 1. The van der Waals surface area contributed by atoms with Crippen LogP contribution in [0.4, 0.5) is 0 Å². The molecule has 4 aliphatic heterocycles. The lowest BCUT2D eigenvalue weighted by atomic mass is 9.71. The van der Waals surface area contributed by atoms with Gasteiger partial charge >= 0.3 is 0 Å². The number of aromatic nitrogens is 2. The summed E-state index contributed by atoms with van der Waals surface area (Å²) in [5.74, 6) is 3.14.